The number of likely N-dealkylation sites (tertiary alicyclic amines) is 1. The van der Waals surface area contributed by atoms with Gasteiger partial charge in [0.15, 0.2) is 0 Å². The van der Waals surface area contributed by atoms with E-state index in [2.05, 4.69) is 16.9 Å². The van der Waals surface area contributed by atoms with Crippen molar-refractivity contribution >= 4 is 11.8 Å². The second-order valence-electron chi connectivity index (χ2n) is 4.48. The lowest BCUT2D eigenvalue weighted by atomic mass is 10.1. The SMILES string of the molecule is CN1CCC(Sc2cccc(C(F)(F)F)n2)CC1. The molecule has 6 heteroatoms. The van der Waals surface area contributed by atoms with Gasteiger partial charge in [-0.3, -0.25) is 0 Å². The summed E-state index contributed by atoms with van der Waals surface area (Å²) in [4.78, 5) is 5.91. The van der Waals surface area contributed by atoms with Crippen LogP contribution in [0, 0.1) is 0 Å². The Balaban J connectivity index is 2.01. The number of halogens is 3. The number of thioether (sulfide) groups is 1. The molecular weight excluding hydrogens is 261 g/mol. The van der Waals surface area contributed by atoms with Crippen molar-refractivity contribution in [3.05, 3.63) is 23.9 Å². The molecule has 0 bridgehead atoms. The molecule has 1 aliphatic heterocycles. The Morgan fingerprint density at radius 3 is 2.56 bits per heavy atom. The van der Waals surface area contributed by atoms with Crippen LogP contribution in [-0.4, -0.2) is 35.3 Å². The van der Waals surface area contributed by atoms with Crippen LogP contribution in [0.15, 0.2) is 23.2 Å². The van der Waals surface area contributed by atoms with Gasteiger partial charge in [-0.05, 0) is 45.1 Å². The zero-order valence-corrected chi connectivity index (χ0v) is 10.9. The molecular formula is C12H15F3N2S. The fourth-order valence-electron chi connectivity index (χ4n) is 1.91. The number of aromatic nitrogens is 1. The molecule has 100 valence electrons. The van der Waals surface area contributed by atoms with Crippen LogP contribution in [0.1, 0.15) is 18.5 Å². The monoisotopic (exact) mass is 276 g/mol. The highest BCUT2D eigenvalue weighted by Gasteiger charge is 2.32. The van der Waals surface area contributed by atoms with E-state index in [0.29, 0.717) is 10.3 Å². The van der Waals surface area contributed by atoms with Gasteiger partial charge < -0.3 is 4.90 Å². The molecule has 1 fully saturated rings. The number of pyridine rings is 1. The molecule has 0 spiro atoms. The van der Waals surface area contributed by atoms with Gasteiger partial charge in [0.2, 0.25) is 0 Å². The maximum Gasteiger partial charge on any atom is 0.433 e. The minimum Gasteiger partial charge on any atom is -0.306 e. The third-order valence-electron chi connectivity index (χ3n) is 2.97. The summed E-state index contributed by atoms with van der Waals surface area (Å²) < 4.78 is 37.6. The summed E-state index contributed by atoms with van der Waals surface area (Å²) in [5.41, 5.74) is -0.805. The van der Waals surface area contributed by atoms with E-state index in [0.717, 1.165) is 32.0 Å². The van der Waals surface area contributed by atoms with Gasteiger partial charge in [-0.25, -0.2) is 4.98 Å². The summed E-state index contributed by atoms with van der Waals surface area (Å²) in [7, 11) is 2.06. The predicted octanol–water partition coefficient (Wildman–Crippen LogP) is 3.29. The molecule has 0 unspecified atom stereocenters. The molecule has 18 heavy (non-hydrogen) atoms. The first-order valence-corrected chi connectivity index (χ1v) is 6.72. The molecule has 2 nitrogen and oxygen atoms in total. The second-order valence-corrected chi connectivity index (χ2v) is 5.80. The van der Waals surface area contributed by atoms with E-state index in [9.17, 15) is 13.2 Å². The molecule has 1 aromatic rings. The van der Waals surface area contributed by atoms with Crippen molar-refractivity contribution in [2.24, 2.45) is 0 Å². The molecule has 2 heterocycles. The van der Waals surface area contributed by atoms with Gasteiger partial charge >= 0.3 is 6.18 Å². The normalized spacial score (nSPS) is 19.1. The van der Waals surface area contributed by atoms with Crippen LogP contribution in [-0.2, 0) is 6.18 Å². The Morgan fingerprint density at radius 1 is 1.28 bits per heavy atom. The Labute approximate surface area is 109 Å². The standard InChI is InChI=1S/C12H15F3N2S/c1-17-7-5-9(6-8-17)18-11-4-2-3-10(16-11)12(13,14)15/h2-4,9H,5-8H2,1H3. The van der Waals surface area contributed by atoms with Gasteiger partial charge in [0.05, 0.1) is 5.03 Å². The first kappa shape index (κ1) is 13.7. The van der Waals surface area contributed by atoms with Crippen molar-refractivity contribution in [1.29, 1.82) is 0 Å². The molecule has 0 aromatic carbocycles. The molecule has 0 atom stereocenters. The van der Waals surface area contributed by atoms with Crippen LogP contribution >= 0.6 is 11.8 Å². The van der Waals surface area contributed by atoms with Gasteiger partial charge in [-0.1, -0.05) is 6.07 Å². The van der Waals surface area contributed by atoms with Crippen LogP contribution in [0.3, 0.4) is 0 Å². The molecule has 2 rings (SSSR count). The lowest BCUT2D eigenvalue weighted by Gasteiger charge is -2.28. The topological polar surface area (TPSA) is 16.1 Å². The van der Waals surface area contributed by atoms with Crippen LogP contribution in [0.25, 0.3) is 0 Å². The highest BCUT2D eigenvalue weighted by molar-refractivity contribution is 7.99. The molecule has 0 N–H and O–H groups in total. The van der Waals surface area contributed by atoms with E-state index in [4.69, 9.17) is 0 Å². The summed E-state index contributed by atoms with van der Waals surface area (Å²) in [5, 5.41) is 0.844. The molecule has 0 amide bonds. The van der Waals surface area contributed by atoms with Crippen molar-refractivity contribution in [2.45, 2.75) is 29.3 Å². The van der Waals surface area contributed by atoms with E-state index in [1.165, 1.54) is 17.8 Å². The largest absolute Gasteiger partial charge is 0.433 e. The van der Waals surface area contributed by atoms with Gasteiger partial charge in [-0.15, -0.1) is 11.8 Å². The molecule has 1 aliphatic rings. The van der Waals surface area contributed by atoms with Crippen molar-refractivity contribution in [2.75, 3.05) is 20.1 Å². The van der Waals surface area contributed by atoms with E-state index in [-0.39, 0.29) is 0 Å². The number of piperidine rings is 1. The van der Waals surface area contributed by atoms with Crippen LogP contribution in [0.4, 0.5) is 13.2 Å². The van der Waals surface area contributed by atoms with Crippen LogP contribution in [0.5, 0.6) is 0 Å². The number of rotatable bonds is 2. The summed E-state index contributed by atoms with van der Waals surface area (Å²) in [6.45, 7) is 1.99. The number of hydrogen-bond acceptors (Lipinski definition) is 3. The highest BCUT2D eigenvalue weighted by atomic mass is 32.2. The van der Waals surface area contributed by atoms with Gasteiger partial charge in [0.25, 0.3) is 0 Å². The Hall–Kier alpha value is -0.750. The van der Waals surface area contributed by atoms with E-state index in [1.54, 1.807) is 6.07 Å². The molecule has 1 aromatic heterocycles. The number of alkyl halides is 3. The maximum atomic E-state index is 12.5. The Kier molecular flexibility index (Phi) is 4.17. The molecule has 0 radical (unpaired) electrons. The average molecular weight is 276 g/mol. The van der Waals surface area contributed by atoms with E-state index < -0.39 is 11.9 Å². The molecule has 0 aliphatic carbocycles. The van der Waals surface area contributed by atoms with Gasteiger partial charge in [0.1, 0.15) is 5.69 Å². The fourth-order valence-corrected chi connectivity index (χ4v) is 3.01. The second kappa shape index (κ2) is 5.48. The van der Waals surface area contributed by atoms with Crippen molar-refractivity contribution in [1.82, 2.24) is 9.88 Å². The number of nitrogens with zero attached hydrogens (tertiary/aromatic N) is 2. The summed E-state index contributed by atoms with van der Waals surface area (Å²) in [6.07, 6.45) is -2.36. The predicted molar refractivity (Wildman–Crippen MR) is 65.6 cm³/mol. The lowest BCUT2D eigenvalue weighted by Crippen LogP contribution is -2.31. The minimum atomic E-state index is -4.36. The Morgan fingerprint density at radius 2 is 1.94 bits per heavy atom. The summed E-state index contributed by atoms with van der Waals surface area (Å²) in [6, 6.07) is 4.09. The van der Waals surface area contributed by atoms with Crippen molar-refractivity contribution in [3.8, 4) is 0 Å². The smallest absolute Gasteiger partial charge is 0.306 e. The summed E-state index contributed by atoms with van der Waals surface area (Å²) >= 11 is 1.46. The summed E-state index contributed by atoms with van der Waals surface area (Å²) in [5.74, 6) is 0. The Bertz CT molecular complexity index is 401. The fraction of sp³-hybridized carbons (Fsp3) is 0.583. The minimum absolute atomic E-state index is 0.372. The van der Waals surface area contributed by atoms with E-state index in [1.807, 2.05) is 0 Å². The van der Waals surface area contributed by atoms with E-state index >= 15 is 0 Å². The van der Waals surface area contributed by atoms with Crippen molar-refractivity contribution < 1.29 is 13.2 Å². The maximum absolute atomic E-state index is 12.5. The van der Waals surface area contributed by atoms with Gasteiger partial charge in [0, 0.05) is 5.25 Å². The highest BCUT2D eigenvalue weighted by Crippen LogP contribution is 2.32. The third kappa shape index (κ3) is 3.62. The van der Waals surface area contributed by atoms with Crippen LogP contribution in [0.2, 0.25) is 0 Å². The third-order valence-corrected chi connectivity index (χ3v) is 4.24. The zero-order chi connectivity index (χ0) is 13.2. The lowest BCUT2D eigenvalue weighted by molar-refractivity contribution is -0.141. The molecule has 1 saturated heterocycles. The number of hydrogen-bond donors (Lipinski definition) is 0. The van der Waals surface area contributed by atoms with Gasteiger partial charge in [-0.2, -0.15) is 13.2 Å². The first-order chi connectivity index (χ1) is 8.45. The molecule has 0 saturated carbocycles. The zero-order valence-electron chi connectivity index (χ0n) is 10.1. The average Bonchev–Trinajstić information content (AvgIpc) is 2.31. The quantitative estimate of drug-likeness (QED) is 0.824. The van der Waals surface area contributed by atoms with Crippen LogP contribution < -0.4 is 0 Å². The van der Waals surface area contributed by atoms with Crippen molar-refractivity contribution in [3.63, 3.8) is 0 Å². The first-order valence-electron chi connectivity index (χ1n) is 5.84.